The minimum absolute atomic E-state index is 0.177. The Labute approximate surface area is 117 Å². The molecule has 0 radical (unpaired) electrons. The van der Waals surface area contributed by atoms with E-state index in [0.717, 1.165) is 5.75 Å². The number of carbonyl (C=O) groups is 2. The summed E-state index contributed by atoms with van der Waals surface area (Å²) in [5.74, 6) is 0.378. The molecule has 0 unspecified atom stereocenters. The molecule has 1 fully saturated rings. The van der Waals surface area contributed by atoms with Crippen LogP contribution in [0.3, 0.4) is 0 Å². The molecule has 0 N–H and O–H groups in total. The third-order valence-corrected chi connectivity index (χ3v) is 2.80. The summed E-state index contributed by atoms with van der Waals surface area (Å²) in [5, 5.41) is 0. The van der Waals surface area contributed by atoms with Crippen LogP contribution in [0.15, 0.2) is 30.3 Å². The normalized spacial score (nSPS) is 17.8. The molecule has 0 saturated carbocycles. The maximum absolute atomic E-state index is 11.6. The first-order chi connectivity index (χ1) is 9.65. The molecule has 1 aliphatic heterocycles. The largest absolute Gasteiger partial charge is 0.490 e. The van der Waals surface area contributed by atoms with Gasteiger partial charge in [-0.05, 0) is 12.1 Å². The summed E-state index contributed by atoms with van der Waals surface area (Å²) in [6, 6.07) is 9.34. The molecule has 1 aromatic carbocycles. The minimum Gasteiger partial charge on any atom is -0.490 e. The van der Waals surface area contributed by atoms with Crippen LogP contribution in [-0.2, 0) is 14.3 Å². The van der Waals surface area contributed by atoms with Gasteiger partial charge in [0.2, 0.25) is 0 Å². The van der Waals surface area contributed by atoms with Gasteiger partial charge in [-0.2, -0.15) is 0 Å². The Morgan fingerprint density at radius 1 is 1.40 bits per heavy atom. The van der Waals surface area contributed by atoms with Gasteiger partial charge in [0.25, 0.3) is 0 Å². The highest BCUT2D eigenvalue weighted by molar-refractivity contribution is 5.70. The molecule has 1 saturated heterocycles. The number of rotatable bonds is 6. The van der Waals surface area contributed by atoms with E-state index < -0.39 is 6.09 Å². The Morgan fingerprint density at radius 2 is 2.15 bits per heavy atom. The zero-order valence-corrected chi connectivity index (χ0v) is 11.3. The van der Waals surface area contributed by atoms with E-state index in [9.17, 15) is 9.59 Å². The number of benzene rings is 1. The number of para-hydroxylation sites is 1. The van der Waals surface area contributed by atoms with Crippen LogP contribution >= 0.6 is 0 Å². The molecule has 2 rings (SSSR count). The number of carbonyl (C=O) groups excluding carboxylic acids is 2. The maximum atomic E-state index is 11.6. The van der Waals surface area contributed by atoms with E-state index in [1.54, 1.807) is 0 Å². The Morgan fingerprint density at radius 3 is 2.85 bits per heavy atom. The molecule has 1 aromatic rings. The highest BCUT2D eigenvalue weighted by Gasteiger charge is 2.31. The smallest absolute Gasteiger partial charge is 0.410 e. The van der Waals surface area contributed by atoms with Crippen molar-refractivity contribution in [2.75, 3.05) is 26.3 Å². The Bertz CT molecular complexity index is 462. The van der Waals surface area contributed by atoms with Crippen molar-refractivity contribution in [2.24, 2.45) is 0 Å². The van der Waals surface area contributed by atoms with Crippen LogP contribution in [0.2, 0.25) is 0 Å². The molecule has 1 amide bonds. The van der Waals surface area contributed by atoms with Crippen molar-refractivity contribution < 1.29 is 23.8 Å². The van der Waals surface area contributed by atoms with Gasteiger partial charge >= 0.3 is 12.1 Å². The first kappa shape index (κ1) is 14.2. The third-order valence-electron chi connectivity index (χ3n) is 2.80. The molecule has 6 heteroatoms. The van der Waals surface area contributed by atoms with Crippen LogP contribution in [0, 0.1) is 0 Å². The van der Waals surface area contributed by atoms with Crippen molar-refractivity contribution in [3.8, 4) is 5.75 Å². The van der Waals surface area contributed by atoms with Gasteiger partial charge < -0.3 is 19.1 Å². The van der Waals surface area contributed by atoms with Gasteiger partial charge in [0, 0.05) is 6.92 Å². The van der Waals surface area contributed by atoms with E-state index >= 15 is 0 Å². The van der Waals surface area contributed by atoms with Crippen molar-refractivity contribution in [2.45, 2.75) is 13.0 Å². The lowest BCUT2D eigenvalue weighted by atomic mass is 10.3. The minimum atomic E-state index is -0.404. The second-order valence-electron chi connectivity index (χ2n) is 4.42. The van der Waals surface area contributed by atoms with Gasteiger partial charge in [0.1, 0.15) is 19.0 Å². The Hall–Kier alpha value is -2.24. The van der Waals surface area contributed by atoms with E-state index in [-0.39, 0.29) is 18.7 Å². The molecule has 1 atom stereocenters. The van der Waals surface area contributed by atoms with Gasteiger partial charge in [-0.25, -0.2) is 4.79 Å². The Kier molecular flexibility index (Phi) is 4.81. The molecular formula is C14H17NO5. The van der Waals surface area contributed by atoms with Crippen molar-refractivity contribution >= 4 is 12.1 Å². The second kappa shape index (κ2) is 6.79. The zero-order valence-electron chi connectivity index (χ0n) is 11.3. The van der Waals surface area contributed by atoms with Gasteiger partial charge in [0.05, 0.1) is 13.1 Å². The van der Waals surface area contributed by atoms with E-state index in [0.29, 0.717) is 19.7 Å². The van der Waals surface area contributed by atoms with Crippen LogP contribution < -0.4 is 4.74 Å². The van der Waals surface area contributed by atoms with E-state index in [1.165, 1.54) is 11.8 Å². The summed E-state index contributed by atoms with van der Waals surface area (Å²) in [4.78, 5) is 23.7. The molecular weight excluding hydrogens is 262 g/mol. The van der Waals surface area contributed by atoms with Crippen LogP contribution in [0.4, 0.5) is 4.79 Å². The number of ether oxygens (including phenoxy) is 3. The van der Waals surface area contributed by atoms with Crippen molar-refractivity contribution in [3.05, 3.63) is 30.3 Å². The molecule has 1 heterocycles. The first-order valence-corrected chi connectivity index (χ1v) is 6.42. The number of hydrogen-bond acceptors (Lipinski definition) is 5. The molecule has 6 nitrogen and oxygen atoms in total. The number of hydrogen-bond donors (Lipinski definition) is 0. The zero-order chi connectivity index (χ0) is 14.4. The number of esters is 1. The van der Waals surface area contributed by atoms with E-state index in [1.807, 2.05) is 30.3 Å². The number of nitrogens with zero attached hydrogens (tertiary/aromatic N) is 1. The predicted molar refractivity (Wildman–Crippen MR) is 70.4 cm³/mol. The highest BCUT2D eigenvalue weighted by Crippen LogP contribution is 2.14. The lowest BCUT2D eigenvalue weighted by Gasteiger charge is -2.12. The fourth-order valence-corrected chi connectivity index (χ4v) is 1.85. The number of cyclic esters (lactones) is 1. The van der Waals surface area contributed by atoms with E-state index in [2.05, 4.69) is 0 Å². The molecule has 0 aliphatic carbocycles. The summed E-state index contributed by atoms with van der Waals surface area (Å²) in [6.45, 7) is 2.59. The predicted octanol–water partition coefficient (Wildman–Crippen LogP) is 1.45. The first-order valence-electron chi connectivity index (χ1n) is 6.42. The summed E-state index contributed by atoms with van der Waals surface area (Å²) in [6.07, 6.45) is -0.709. The highest BCUT2D eigenvalue weighted by atomic mass is 16.6. The van der Waals surface area contributed by atoms with Crippen LogP contribution in [0.25, 0.3) is 0 Å². The average Bonchev–Trinajstić information content (AvgIpc) is 2.78. The number of amides is 1. The van der Waals surface area contributed by atoms with Crippen molar-refractivity contribution in [3.63, 3.8) is 0 Å². The summed E-state index contributed by atoms with van der Waals surface area (Å²) in [5.41, 5.74) is 0. The monoisotopic (exact) mass is 279 g/mol. The van der Waals surface area contributed by atoms with Gasteiger partial charge in [-0.15, -0.1) is 0 Å². The van der Waals surface area contributed by atoms with E-state index in [4.69, 9.17) is 14.2 Å². The van der Waals surface area contributed by atoms with Crippen LogP contribution in [-0.4, -0.2) is 49.4 Å². The molecule has 20 heavy (non-hydrogen) atoms. The molecule has 0 bridgehead atoms. The summed E-state index contributed by atoms with van der Waals surface area (Å²) >= 11 is 0. The SMILES string of the molecule is CC(=O)OCCN1C[C@@H](COc2ccccc2)OC1=O. The molecule has 0 spiro atoms. The van der Waals surface area contributed by atoms with Crippen molar-refractivity contribution in [1.29, 1.82) is 0 Å². The quantitative estimate of drug-likeness (QED) is 0.737. The maximum Gasteiger partial charge on any atom is 0.410 e. The van der Waals surface area contributed by atoms with Gasteiger partial charge in [-0.1, -0.05) is 18.2 Å². The van der Waals surface area contributed by atoms with Gasteiger partial charge in [0.15, 0.2) is 6.10 Å². The topological polar surface area (TPSA) is 65.1 Å². The third kappa shape index (κ3) is 4.15. The lowest BCUT2D eigenvalue weighted by Crippen LogP contribution is -2.30. The second-order valence-corrected chi connectivity index (χ2v) is 4.42. The standard InChI is InChI=1S/C14H17NO5/c1-11(16)18-8-7-15-9-13(20-14(15)17)10-19-12-5-3-2-4-6-12/h2-6,13H,7-10H2,1H3/t13-/m0/s1. The Balaban J connectivity index is 1.73. The molecule has 108 valence electrons. The lowest BCUT2D eigenvalue weighted by molar-refractivity contribution is -0.141. The molecule has 0 aromatic heterocycles. The van der Waals surface area contributed by atoms with Crippen LogP contribution in [0.5, 0.6) is 5.75 Å². The summed E-state index contributed by atoms with van der Waals surface area (Å²) < 4.78 is 15.5. The fraction of sp³-hybridized carbons (Fsp3) is 0.429. The van der Waals surface area contributed by atoms with Gasteiger partial charge in [-0.3, -0.25) is 4.79 Å². The molecule has 1 aliphatic rings. The van der Waals surface area contributed by atoms with Crippen LogP contribution in [0.1, 0.15) is 6.92 Å². The average molecular weight is 279 g/mol. The fourth-order valence-electron chi connectivity index (χ4n) is 1.85. The van der Waals surface area contributed by atoms with Crippen molar-refractivity contribution in [1.82, 2.24) is 4.90 Å². The summed E-state index contributed by atoms with van der Waals surface area (Å²) in [7, 11) is 0.